The highest BCUT2D eigenvalue weighted by molar-refractivity contribution is 6.34. The Labute approximate surface area is 131 Å². The molecule has 2 aromatic rings. The SMILES string of the molecule is O=C(O)c1[nH]c(=O)n(-c2cc(Cl)ccc2Cl)c(=O)c1C(=O)O. The lowest BCUT2D eigenvalue weighted by Gasteiger charge is -2.09. The average Bonchev–Trinajstić information content (AvgIpc) is 2.41. The summed E-state index contributed by atoms with van der Waals surface area (Å²) in [5, 5.41) is 18.0. The molecule has 1 aromatic carbocycles. The van der Waals surface area contributed by atoms with Crippen molar-refractivity contribution in [1.29, 1.82) is 0 Å². The summed E-state index contributed by atoms with van der Waals surface area (Å²) in [6.07, 6.45) is 0. The first-order valence-electron chi connectivity index (χ1n) is 5.55. The molecule has 0 amide bonds. The largest absolute Gasteiger partial charge is 0.477 e. The van der Waals surface area contributed by atoms with Crippen molar-refractivity contribution in [2.24, 2.45) is 0 Å². The summed E-state index contributed by atoms with van der Waals surface area (Å²) in [6, 6.07) is 3.87. The third-order valence-electron chi connectivity index (χ3n) is 2.68. The fraction of sp³-hybridized carbons (Fsp3) is 0. The highest BCUT2D eigenvalue weighted by Crippen LogP contribution is 2.22. The van der Waals surface area contributed by atoms with E-state index in [-0.39, 0.29) is 15.7 Å². The van der Waals surface area contributed by atoms with Crippen LogP contribution in [0.4, 0.5) is 0 Å². The van der Waals surface area contributed by atoms with Crippen molar-refractivity contribution in [2.75, 3.05) is 0 Å². The van der Waals surface area contributed by atoms with Gasteiger partial charge in [0.25, 0.3) is 5.56 Å². The zero-order valence-corrected chi connectivity index (χ0v) is 12.0. The van der Waals surface area contributed by atoms with Gasteiger partial charge in [0.15, 0.2) is 5.56 Å². The second kappa shape index (κ2) is 5.66. The molecule has 2 rings (SSSR count). The quantitative estimate of drug-likeness (QED) is 0.767. The van der Waals surface area contributed by atoms with Crippen LogP contribution in [-0.4, -0.2) is 31.7 Å². The molecule has 0 aliphatic heterocycles. The van der Waals surface area contributed by atoms with Crippen molar-refractivity contribution in [3.8, 4) is 5.69 Å². The van der Waals surface area contributed by atoms with Gasteiger partial charge < -0.3 is 10.2 Å². The minimum Gasteiger partial charge on any atom is -0.477 e. The van der Waals surface area contributed by atoms with Gasteiger partial charge in [0.05, 0.1) is 10.7 Å². The Balaban J connectivity index is 2.96. The summed E-state index contributed by atoms with van der Waals surface area (Å²) in [7, 11) is 0. The van der Waals surface area contributed by atoms with Crippen LogP contribution in [0.1, 0.15) is 20.8 Å². The van der Waals surface area contributed by atoms with Gasteiger partial charge in [0, 0.05) is 5.02 Å². The number of halogens is 2. The number of benzene rings is 1. The Bertz CT molecular complexity index is 915. The van der Waals surface area contributed by atoms with Gasteiger partial charge in [-0.3, -0.25) is 9.78 Å². The number of aromatic nitrogens is 2. The summed E-state index contributed by atoms with van der Waals surface area (Å²) in [4.78, 5) is 48.1. The summed E-state index contributed by atoms with van der Waals surface area (Å²) in [5.74, 6) is -3.55. The fourth-order valence-corrected chi connectivity index (χ4v) is 2.14. The summed E-state index contributed by atoms with van der Waals surface area (Å²) in [5.41, 5.74) is -4.77. The Morgan fingerprint density at radius 1 is 1.09 bits per heavy atom. The molecule has 0 radical (unpaired) electrons. The van der Waals surface area contributed by atoms with Crippen molar-refractivity contribution in [2.45, 2.75) is 0 Å². The van der Waals surface area contributed by atoms with E-state index in [1.807, 2.05) is 4.98 Å². The Morgan fingerprint density at radius 2 is 1.73 bits per heavy atom. The van der Waals surface area contributed by atoms with Crippen molar-refractivity contribution >= 4 is 35.1 Å². The van der Waals surface area contributed by atoms with E-state index in [0.29, 0.717) is 4.57 Å². The number of nitrogens with one attached hydrogen (secondary N) is 1. The molecule has 3 N–H and O–H groups in total. The standard InChI is InChI=1S/C12H6Cl2N2O6/c13-4-1-2-5(14)6(3-4)16-9(17)7(10(18)19)8(11(20)21)15-12(16)22/h1-3H,(H,15,22)(H,18,19)(H,20,21). The number of H-pyrrole nitrogens is 1. The zero-order valence-electron chi connectivity index (χ0n) is 10.5. The zero-order chi connectivity index (χ0) is 16.6. The smallest absolute Gasteiger partial charge is 0.353 e. The molecule has 0 fully saturated rings. The van der Waals surface area contributed by atoms with Gasteiger partial charge in [-0.05, 0) is 18.2 Å². The molecule has 22 heavy (non-hydrogen) atoms. The van der Waals surface area contributed by atoms with Gasteiger partial charge in [0.1, 0.15) is 5.69 Å². The van der Waals surface area contributed by atoms with Crippen LogP contribution in [0.2, 0.25) is 10.0 Å². The predicted molar refractivity (Wildman–Crippen MR) is 76.6 cm³/mol. The Morgan fingerprint density at radius 3 is 2.27 bits per heavy atom. The lowest BCUT2D eigenvalue weighted by atomic mass is 10.2. The van der Waals surface area contributed by atoms with E-state index < -0.39 is 34.4 Å². The second-order valence-electron chi connectivity index (χ2n) is 4.03. The molecule has 1 heterocycles. The van der Waals surface area contributed by atoms with E-state index in [2.05, 4.69) is 0 Å². The lowest BCUT2D eigenvalue weighted by molar-refractivity contribution is 0.0643. The number of hydrogen-bond donors (Lipinski definition) is 3. The molecular formula is C12H6Cl2N2O6. The third kappa shape index (κ3) is 2.61. The number of rotatable bonds is 3. The van der Waals surface area contributed by atoms with Crippen LogP contribution in [0.15, 0.2) is 27.8 Å². The molecule has 0 unspecified atom stereocenters. The molecule has 1 aromatic heterocycles. The van der Waals surface area contributed by atoms with Gasteiger partial charge in [-0.2, -0.15) is 0 Å². The third-order valence-corrected chi connectivity index (χ3v) is 3.23. The maximum atomic E-state index is 12.2. The van der Waals surface area contributed by atoms with Crippen LogP contribution < -0.4 is 11.2 Å². The van der Waals surface area contributed by atoms with Crippen molar-refractivity contribution < 1.29 is 19.8 Å². The van der Waals surface area contributed by atoms with E-state index in [4.69, 9.17) is 33.4 Å². The van der Waals surface area contributed by atoms with E-state index in [9.17, 15) is 19.2 Å². The number of aromatic carboxylic acids is 2. The monoisotopic (exact) mass is 344 g/mol. The van der Waals surface area contributed by atoms with Crippen LogP contribution in [0.5, 0.6) is 0 Å². The molecule has 10 heteroatoms. The minimum absolute atomic E-state index is 0.0450. The van der Waals surface area contributed by atoms with E-state index in [0.717, 1.165) is 0 Å². The van der Waals surface area contributed by atoms with Crippen LogP contribution in [-0.2, 0) is 0 Å². The van der Waals surface area contributed by atoms with Crippen molar-refractivity contribution in [3.63, 3.8) is 0 Å². The average molecular weight is 345 g/mol. The highest BCUT2D eigenvalue weighted by Gasteiger charge is 2.25. The van der Waals surface area contributed by atoms with Gasteiger partial charge >= 0.3 is 17.6 Å². The molecular weight excluding hydrogens is 339 g/mol. The molecule has 0 aliphatic carbocycles. The lowest BCUT2D eigenvalue weighted by Crippen LogP contribution is -2.40. The van der Waals surface area contributed by atoms with Gasteiger partial charge in [-0.25, -0.2) is 19.0 Å². The number of hydrogen-bond acceptors (Lipinski definition) is 4. The molecule has 0 spiro atoms. The summed E-state index contributed by atoms with van der Waals surface area (Å²) in [6.45, 7) is 0. The van der Waals surface area contributed by atoms with Crippen molar-refractivity contribution in [3.05, 3.63) is 60.3 Å². The number of carboxylic acid groups (broad SMARTS) is 2. The Hall–Kier alpha value is -2.58. The molecule has 8 nitrogen and oxygen atoms in total. The molecule has 114 valence electrons. The molecule has 0 saturated heterocycles. The van der Waals surface area contributed by atoms with Gasteiger partial charge in [-0.1, -0.05) is 23.2 Å². The van der Waals surface area contributed by atoms with Crippen LogP contribution in [0.25, 0.3) is 5.69 Å². The predicted octanol–water partition coefficient (Wildman–Crippen LogP) is 1.23. The topological polar surface area (TPSA) is 129 Å². The first kappa shape index (κ1) is 15.8. The number of nitrogens with zero attached hydrogens (tertiary/aromatic N) is 1. The number of carbonyl (C=O) groups is 2. The van der Waals surface area contributed by atoms with E-state index in [1.54, 1.807) is 0 Å². The second-order valence-corrected chi connectivity index (χ2v) is 4.87. The normalized spacial score (nSPS) is 10.5. The molecule has 0 aliphatic rings. The van der Waals surface area contributed by atoms with Crippen LogP contribution in [0, 0.1) is 0 Å². The van der Waals surface area contributed by atoms with Crippen molar-refractivity contribution in [1.82, 2.24) is 9.55 Å². The van der Waals surface area contributed by atoms with Crippen LogP contribution in [0.3, 0.4) is 0 Å². The first-order chi connectivity index (χ1) is 10.2. The van der Waals surface area contributed by atoms with Gasteiger partial charge in [0.2, 0.25) is 0 Å². The van der Waals surface area contributed by atoms with E-state index in [1.165, 1.54) is 18.2 Å². The first-order valence-corrected chi connectivity index (χ1v) is 6.31. The number of carboxylic acids is 2. The maximum Gasteiger partial charge on any atom is 0.353 e. The maximum absolute atomic E-state index is 12.2. The minimum atomic E-state index is -1.80. The summed E-state index contributed by atoms with van der Waals surface area (Å²) < 4.78 is 0.407. The molecule has 0 bridgehead atoms. The highest BCUT2D eigenvalue weighted by atomic mass is 35.5. The number of aromatic amines is 1. The fourth-order valence-electron chi connectivity index (χ4n) is 1.77. The molecule has 0 atom stereocenters. The molecule has 0 saturated carbocycles. The van der Waals surface area contributed by atoms with Gasteiger partial charge in [-0.15, -0.1) is 0 Å². The van der Waals surface area contributed by atoms with Crippen LogP contribution >= 0.6 is 23.2 Å². The summed E-state index contributed by atoms with van der Waals surface area (Å²) >= 11 is 11.6. The van der Waals surface area contributed by atoms with E-state index >= 15 is 0 Å². The Kier molecular flexibility index (Phi) is 4.07.